The first-order chi connectivity index (χ1) is 20.4. The van der Waals surface area contributed by atoms with Crippen molar-refractivity contribution in [3.63, 3.8) is 0 Å². The lowest BCUT2D eigenvalue weighted by molar-refractivity contribution is -0.132. The van der Waals surface area contributed by atoms with Gasteiger partial charge in [0.25, 0.3) is 0 Å². The molecule has 2 aliphatic carbocycles. The summed E-state index contributed by atoms with van der Waals surface area (Å²) >= 11 is 0. The number of aliphatic hydroxyl groups is 2. The minimum atomic E-state index is -1.02. The summed E-state index contributed by atoms with van der Waals surface area (Å²) in [5.41, 5.74) is 0.873. The van der Waals surface area contributed by atoms with Crippen LogP contribution in [-0.4, -0.2) is 92.5 Å². The van der Waals surface area contributed by atoms with Crippen molar-refractivity contribution in [2.45, 2.75) is 88.5 Å². The Morgan fingerprint density at radius 3 is 2.33 bits per heavy atom. The van der Waals surface area contributed by atoms with Crippen LogP contribution in [0.1, 0.15) is 63.4 Å². The van der Waals surface area contributed by atoms with Crippen LogP contribution in [0.5, 0.6) is 0 Å². The third-order valence-corrected chi connectivity index (χ3v) is 7.92. The van der Waals surface area contributed by atoms with Gasteiger partial charge in [-0.2, -0.15) is 0 Å². The van der Waals surface area contributed by atoms with Gasteiger partial charge in [-0.1, -0.05) is 62.4 Å². The van der Waals surface area contributed by atoms with E-state index < -0.39 is 36.1 Å². The van der Waals surface area contributed by atoms with E-state index in [1.54, 1.807) is 0 Å². The lowest BCUT2D eigenvalue weighted by Gasteiger charge is -2.32. The monoisotopic (exact) mass is 591 g/mol. The molecule has 4 atom stereocenters. The number of carbonyl (C=O) groups excluding carboxylic acids is 3. The van der Waals surface area contributed by atoms with E-state index in [4.69, 9.17) is 14.2 Å². The molecule has 0 saturated heterocycles. The molecule has 11 heteroatoms. The minimum absolute atomic E-state index is 0.00966. The molecule has 0 unspecified atom stereocenters. The minimum Gasteiger partial charge on any atom is -0.390 e. The molecule has 2 fully saturated rings. The van der Waals surface area contributed by atoms with E-state index in [1.165, 1.54) is 13.5 Å². The normalized spacial score (nSPS) is 18.5. The van der Waals surface area contributed by atoms with Crippen molar-refractivity contribution in [3.05, 3.63) is 35.9 Å². The zero-order valence-corrected chi connectivity index (χ0v) is 24.8. The van der Waals surface area contributed by atoms with Crippen molar-refractivity contribution in [2.75, 3.05) is 40.3 Å². The van der Waals surface area contributed by atoms with Gasteiger partial charge in [0.15, 0.2) is 0 Å². The molecule has 5 N–H and O–H groups in total. The molecular formula is C31H49N3O8. The smallest absolute Gasteiger partial charge is 0.246 e. The van der Waals surface area contributed by atoms with E-state index >= 15 is 0 Å². The largest absolute Gasteiger partial charge is 0.390 e. The van der Waals surface area contributed by atoms with E-state index in [0.29, 0.717) is 12.3 Å². The van der Waals surface area contributed by atoms with E-state index in [0.717, 1.165) is 44.1 Å². The van der Waals surface area contributed by atoms with Crippen LogP contribution in [-0.2, 0) is 35.0 Å². The second-order valence-electron chi connectivity index (χ2n) is 11.5. The molecule has 0 aliphatic heterocycles. The maximum Gasteiger partial charge on any atom is 0.246 e. The third-order valence-electron chi connectivity index (χ3n) is 7.92. The van der Waals surface area contributed by atoms with Crippen molar-refractivity contribution in [1.29, 1.82) is 0 Å². The van der Waals surface area contributed by atoms with E-state index in [-0.39, 0.29) is 57.8 Å². The lowest BCUT2D eigenvalue weighted by Crippen LogP contribution is -2.51. The molecule has 11 nitrogen and oxygen atoms in total. The van der Waals surface area contributed by atoms with Gasteiger partial charge in [-0.25, -0.2) is 0 Å². The Hall–Kier alpha value is -2.57. The van der Waals surface area contributed by atoms with Crippen LogP contribution >= 0.6 is 0 Å². The Kier molecular flexibility index (Phi) is 15.2. The van der Waals surface area contributed by atoms with Crippen LogP contribution in [0.4, 0.5) is 0 Å². The van der Waals surface area contributed by atoms with Gasteiger partial charge >= 0.3 is 0 Å². The summed E-state index contributed by atoms with van der Waals surface area (Å²) in [4.78, 5) is 38.4. The Bertz CT molecular complexity index is 939. The summed E-state index contributed by atoms with van der Waals surface area (Å²) in [6, 6.07) is 7.95. The summed E-state index contributed by atoms with van der Waals surface area (Å²) in [5, 5.41) is 29.9. The maximum atomic E-state index is 13.1. The van der Waals surface area contributed by atoms with E-state index in [1.807, 2.05) is 30.3 Å². The number of methoxy groups -OCH3 is 1. The number of ether oxygens (including phenoxy) is 3. The SMILES string of the molecule is COCOCCOCC(=O)N[C@@H](Cc1ccccc1)C(=O)NCCC(=O)N[C@@H](CC1CCCCC1)[C@@H](O)[C@@H](O)C1CC1. The number of benzene rings is 1. The van der Waals surface area contributed by atoms with Gasteiger partial charge in [0.1, 0.15) is 25.5 Å². The maximum absolute atomic E-state index is 13.1. The van der Waals surface area contributed by atoms with Crippen LogP contribution in [0.3, 0.4) is 0 Å². The van der Waals surface area contributed by atoms with Crippen LogP contribution in [0.25, 0.3) is 0 Å². The quantitative estimate of drug-likeness (QED) is 0.113. The molecule has 0 aromatic heterocycles. The van der Waals surface area contributed by atoms with E-state index in [9.17, 15) is 24.6 Å². The number of rotatable bonds is 20. The van der Waals surface area contributed by atoms with Crippen LogP contribution < -0.4 is 16.0 Å². The van der Waals surface area contributed by atoms with Gasteiger partial charge in [-0.15, -0.1) is 0 Å². The topological polar surface area (TPSA) is 155 Å². The van der Waals surface area contributed by atoms with Crippen molar-refractivity contribution in [1.82, 2.24) is 16.0 Å². The second-order valence-corrected chi connectivity index (χ2v) is 11.5. The fourth-order valence-corrected chi connectivity index (χ4v) is 5.44. The Balaban J connectivity index is 1.48. The fraction of sp³-hybridized carbons (Fsp3) is 0.710. The van der Waals surface area contributed by atoms with Gasteiger partial charge in [-0.3, -0.25) is 14.4 Å². The highest BCUT2D eigenvalue weighted by Gasteiger charge is 2.39. The van der Waals surface area contributed by atoms with Crippen molar-refractivity contribution < 1.29 is 38.8 Å². The first-order valence-corrected chi connectivity index (χ1v) is 15.3. The van der Waals surface area contributed by atoms with Gasteiger partial charge in [-0.05, 0) is 36.7 Å². The standard InChI is InChI=1S/C31H49N3O8/c1-40-21-42-17-16-41-20-28(36)34-26(19-23-10-6-3-7-11-23)31(39)32-15-14-27(35)33-25(18-22-8-4-2-5-9-22)30(38)29(37)24-12-13-24/h3,6-7,10-11,22,24-26,29-30,37-38H,2,4-5,8-9,12-21H2,1H3,(H,32,39)(H,33,35)(H,34,36)/t25-,26-,29-,30+/m0/s1. The first-order valence-electron chi connectivity index (χ1n) is 15.3. The predicted molar refractivity (Wildman–Crippen MR) is 156 cm³/mol. The predicted octanol–water partition coefficient (Wildman–Crippen LogP) is 1.44. The highest BCUT2D eigenvalue weighted by Crippen LogP contribution is 2.36. The summed E-state index contributed by atoms with van der Waals surface area (Å²) < 4.78 is 15.2. The molecule has 42 heavy (non-hydrogen) atoms. The Morgan fingerprint density at radius 1 is 0.929 bits per heavy atom. The van der Waals surface area contributed by atoms with Crippen molar-refractivity contribution in [3.8, 4) is 0 Å². The summed E-state index contributed by atoms with van der Waals surface area (Å²) in [6.07, 6.45) is 6.48. The number of aliphatic hydroxyl groups excluding tert-OH is 2. The van der Waals surface area contributed by atoms with Crippen LogP contribution in [0, 0.1) is 11.8 Å². The summed E-state index contributed by atoms with van der Waals surface area (Å²) in [6.45, 7) is 0.452. The molecule has 0 spiro atoms. The van der Waals surface area contributed by atoms with Crippen LogP contribution in [0.15, 0.2) is 30.3 Å². The number of carbonyl (C=O) groups is 3. The number of hydrogen-bond donors (Lipinski definition) is 5. The summed E-state index contributed by atoms with van der Waals surface area (Å²) in [7, 11) is 1.51. The number of hydrogen-bond acceptors (Lipinski definition) is 8. The molecular weight excluding hydrogens is 542 g/mol. The molecule has 3 rings (SSSR count). The van der Waals surface area contributed by atoms with Gasteiger partial charge in [0, 0.05) is 26.5 Å². The molecule has 0 heterocycles. The van der Waals surface area contributed by atoms with Crippen molar-refractivity contribution >= 4 is 17.7 Å². The average Bonchev–Trinajstić information content (AvgIpc) is 3.84. The number of nitrogens with one attached hydrogen (secondary N) is 3. The average molecular weight is 592 g/mol. The van der Waals surface area contributed by atoms with Crippen molar-refractivity contribution in [2.24, 2.45) is 11.8 Å². The lowest BCUT2D eigenvalue weighted by atomic mass is 9.82. The molecule has 236 valence electrons. The molecule has 0 radical (unpaired) electrons. The van der Waals surface area contributed by atoms with Gasteiger partial charge < -0.3 is 40.4 Å². The summed E-state index contributed by atoms with van der Waals surface area (Å²) in [5.74, 6) is -0.646. The molecule has 2 aliphatic rings. The third kappa shape index (κ3) is 12.7. The second kappa shape index (κ2) is 18.9. The Labute approximate surface area is 249 Å². The van der Waals surface area contributed by atoms with Gasteiger partial charge in [0.2, 0.25) is 17.7 Å². The zero-order valence-electron chi connectivity index (χ0n) is 24.8. The van der Waals surface area contributed by atoms with Gasteiger partial charge in [0.05, 0.1) is 25.4 Å². The Morgan fingerprint density at radius 2 is 1.64 bits per heavy atom. The number of amides is 3. The fourth-order valence-electron chi connectivity index (χ4n) is 5.44. The zero-order chi connectivity index (χ0) is 30.2. The highest BCUT2D eigenvalue weighted by molar-refractivity contribution is 5.88. The molecule has 3 amide bonds. The molecule has 1 aromatic rings. The molecule has 2 saturated carbocycles. The molecule has 0 bridgehead atoms. The van der Waals surface area contributed by atoms with Crippen LogP contribution in [0.2, 0.25) is 0 Å². The van der Waals surface area contributed by atoms with E-state index in [2.05, 4.69) is 16.0 Å². The highest BCUT2D eigenvalue weighted by atomic mass is 16.7. The first kappa shape index (κ1) is 33.9. The molecule has 1 aromatic carbocycles.